The SMILES string of the molecule is Cc1cccc(CNCCC2CCCC2)n1. The largest absolute Gasteiger partial charge is 0.311 e. The average Bonchev–Trinajstić information content (AvgIpc) is 2.77. The summed E-state index contributed by atoms with van der Waals surface area (Å²) in [6, 6.07) is 6.22. The van der Waals surface area contributed by atoms with Crippen molar-refractivity contribution in [3.05, 3.63) is 29.6 Å². The van der Waals surface area contributed by atoms with Gasteiger partial charge in [0.25, 0.3) is 0 Å². The van der Waals surface area contributed by atoms with Crippen LogP contribution in [0.1, 0.15) is 43.5 Å². The maximum absolute atomic E-state index is 4.48. The maximum Gasteiger partial charge on any atom is 0.0544 e. The normalized spacial score (nSPS) is 16.8. The summed E-state index contributed by atoms with van der Waals surface area (Å²) in [5.41, 5.74) is 2.27. The van der Waals surface area contributed by atoms with Crippen molar-refractivity contribution in [2.45, 2.75) is 45.6 Å². The number of nitrogens with one attached hydrogen (secondary N) is 1. The van der Waals surface area contributed by atoms with E-state index in [1.54, 1.807) is 0 Å². The van der Waals surface area contributed by atoms with Gasteiger partial charge >= 0.3 is 0 Å². The Balaban J connectivity index is 1.64. The summed E-state index contributed by atoms with van der Waals surface area (Å²) in [5.74, 6) is 0.984. The van der Waals surface area contributed by atoms with Crippen molar-refractivity contribution in [1.29, 1.82) is 0 Å². The lowest BCUT2D eigenvalue weighted by atomic mass is 10.0. The first-order chi connectivity index (χ1) is 7.84. The number of pyridine rings is 1. The summed E-state index contributed by atoms with van der Waals surface area (Å²) in [6.07, 6.45) is 7.13. The summed E-state index contributed by atoms with van der Waals surface area (Å²) in [5, 5.41) is 3.49. The molecule has 1 N–H and O–H groups in total. The summed E-state index contributed by atoms with van der Waals surface area (Å²) in [7, 11) is 0. The van der Waals surface area contributed by atoms with Gasteiger partial charge in [-0.15, -0.1) is 0 Å². The smallest absolute Gasteiger partial charge is 0.0544 e. The van der Waals surface area contributed by atoms with Crippen molar-refractivity contribution in [2.24, 2.45) is 5.92 Å². The summed E-state index contributed by atoms with van der Waals surface area (Å²) in [4.78, 5) is 4.48. The van der Waals surface area contributed by atoms with Crippen molar-refractivity contribution in [1.82, 2.24) is 10.3 Å². The Morgan fingerprint density at radius 3 is 2.88 bits per heavy atom. The minimum atomic E-state index is 0.911. The van der Waals surface area contributed by atoms with Crippen LogP contribution in [0.4, 0.5) is 0 Å². The molecule has 0 atom stereocenters. The summed E-state index contributed by atoms with van der Waals surface area (Å²) in [6.45, 7) is 4.09. The van der Waals surface area contributed by atoms with Gasteiger partial charge in [0.15, 0.2) is 0 Å². The van der Waals surface area contributed by atoms with Crippen LogP contribution in [0.15, 0.2) is 18.2 Å². The number of aryl methyl sites for hydroxylation is 1. The lowest BCUT2D eigenvalue weighted by Gasteiger charge is -2.09. The van der Waals surface area contributed by atoms with Crippen LogP contribution < -0.4 is 5.32 Å². The minimum Gasteiger partial charge on any atom is -0.311 e. The third-order valence-electron chi connectivity index (χ3n) is 3.46. The monoisotopic (exact) mass is 218 g/mol. The molecule has 1 aromatic heterocycles. The Kier molecular flexibility index (Phi) is 4.34. The van der Waals surface area contributed by atoms with E-state index in [0.29, 0.717) is 0 Å². The molecule has 1 fully saturated rings. The van der Waals surface area contributed by atoms with Gasteiger partial charge in [-0.05, 0) is 37.9 Å². The maximum atomic E-state index is 4.48. The first-order valence-corrected chi connectivity index (χ1v) is 6.48. The highest BCUT2D eigenvalue weighted by atomic mass is 14.9. The molecule has 0 aromatic carbocycles. The molecule has 2 rings (SSSR count). The van der Waals surface area contributed by atoms with Gasteiger partial charge in [-0.1, -0.05) is 31.7 Å². The molecule has 1 aliphatic rings. The second-order valence-corrected chi connectivity index (χ2v) is 4.89. The van der Waals surface area contributed by atoms with E-state index < -0.39 is 0 Å². The predicted molar refractivity (Wildman–Crippen MR) is 67.3 cm³/mol. The molecular formula is C14H22N2. The molecule has 1 aliphatic carbocycles. The lowest BCUT2D eigenvalue weighted by Crippen LogP contribution is -2.17. The Morgan fingerprint density at radius 1 is 1.31 bits per heavy atom. The quantitative estimate of drug-likeness (QED) is 0.768. The van der Waals surface area contributed by atoms with Gasteiger partial charge < -0.3 is 5.32 Å². The van der Waals surface area contributed by atoms with Crippen LogP contribution in [0.3, 0.4) is 0 Å². The fourth-order valence-corrected chi connectivity index (χ4v) is 2.52. The van der Waals surface area contributed by atoms with E-state index in [1.165, 1.54) is 32.1 Å². The molecule has 2 nitrogen and oxygen atoms in total. The number of hydrogen-bond donors (Lipinski definition) is 1. The van der Waals surface area contributed by atoms with Gasteiger partial charge in [-0.3, -0.25) is 4.98 Å². The van der Waals surface area contributed by atoms with E-state index >= 15 is 0 Å². The molecule has 0 bridgehead atoms. The number of aromatic nitrogens is 1. The third-order valence-corrected chi connectivity index (χ3v) is 3.46. The zero-order chi connectivity index (χ0) is 11.2. The molecular weight excluding hydrogens is 196 g/mol. The molecule has 2 heteroatoms. The van der Waals surface area contributed by atoms with Gasteiger partial charge in [0.05, 0.1) is 5.69 Å². The fraction of sp³-hybridized carbons (Fsp3) is 0.643. The van der Waals surface area contributed by atoms with Crippen LogP contribution in [0, 0.1) is 12.8 Å². The Morgan fingerprint density at radius 2 is 2.12 bits per heavy atom. The van der Waals surface area contributed by atoms with Gasteiger partial charge in [-0.2, -0.15) is 0 Å². The van der Waals surface area contributed by atoms with E-state index in [0.717, 1.165) is 30.4 Å². The Hall–Kier alpha value is -0.890. The lowest BCUT2D eigenvalue weighted by molar-refractivity contribution is 0.476. The van der Waals surface area contributed by atoms with Crippen LogP contribution in [-0.4, -0.2) is 11.5 Å². The predicted octanol–water partition coefficient (Wildman–Crippen LogP) is 3.06. The number of nitrogens with zero attached hydrogens (tertiary/aromatic N) is 1. The van der Waals surface area contributed by atoms with E-state index in [2.05, 4.69) is 22.4 Å². The molecule has 1 aromatic rings. The van der Waals surface area contributed by atoms with Crippen LogP contribution in [-0.2, 0) is 6.54 Å². The van der Waals surface area contributed by atoms with Crippen molar-refractivity contribution in [3.63, 3.8) is 0 Å². The molecule has 1 heterocycles. The third kappa shape index (κ3) is 3.60. The van der Waals surface area contributed by atoms with Crippen molar-refractivity contribution >= 4 is 0 Å². The van der Waals surface area contributed by atoms with Crippen LogP contribution in [0.25, 0.3) is 0 Å². The van der Waals surface area contributed by atoms with Gasteiger partial charge in [0.2, 0.25) is 0 Å². The molecule has 1 saturated carbocycles. The highest BCUT2D eigenvalue weighted by Crippen LogP contribution is 2.26. The van der Waals surface area contributed by atoms with Crippen molar-refractivity contribution < 1.29 is 0 Å². The first-order valence-electron chi connectivity index (χ1n) is 6.48. The van der Waals surface area contributed by atoms with Crippen molar-refractivity contribution in [2.75, 3.05) is 6.54 Å². The summed E-state index contributed by atoms with van der Waals surface area (Å²) < 4.78 is 0. The highest BCUT2D eigenvalue weighted by Gasteiger charge is 2.13. The fourth-order valence-electron chi connectivity index (χ4n) is 2.52. The minimum absolute atomic E-state index is 0.911. The van der Waals surface area contributed by atoms with E-state index in [1.807, 2.05) is 13.0 Å². The van der Waals surface area contributed by atoms with E-state index in [9.17, 15) is 0 Å². The standard InChI is InChI=1S/C14H22N2/c1-12-5-4-8-14(16-12)11-15-10-9-13-6-2-3-7-13/h4-5,8,13,15H,2-3,6-7,9-11H2,1H3. The molecule has 88 valence electrons. The van der Waals surface area contributed by atoms with Crippen LogP contribution in [0.2, 0.25) is 0 Å². The van der Waals surface area contributed by atoms with Gasteiger partial charge in [-0.25, -0.2) is 0 Å². The zero-order valence-corrected chi connectivity index (χ0v) is 10.2. The van der Waals surface area contributed by atoms with Gasteiger partial charge in [0.1, 0.15) is 0 Å². The second-order valence-electron chi connectivity index (χ2n) is 4.89. The number of rotatable bonds is 5. The van der Waals surface area contributed by atoms with Crippen LogP contribution in [0.5, 0.6) is 0 Å². The van der Waals surface area contributed by atoms with Crippen LogP contribution >= 0.6 is 0 Å². The topological polar surface area (TPSA) is 24.9 Å². The molecule has 0 spiro atoms. The molecule has 0 radical (unpaired) electrons. The van der Waals surface area contributed by atoms with Crippen molar-refractivity contribution in [3.8, 4) is 0 Å². The number of hydrogen-bond acceptors (Lipinski definition) is 2. The average molecular weight is 218 g/mol. The first kappa shape index (κ1) is 11.6. The molecule has 0 aliphatic heterocycles. The van der Waals surface area contributed by atoms with E-state index in [4.69, 9.17) is 0 Å². The molecule has 0 unspecified atom stereocenters. The molecule has 0 amide bonds. The van der Waals surface area contributed by atoms with E-state index in [-0.39, 0.29) is 0 Å². The second kappa shape index (κ2) is 6.00. The highest BCUT2D eigenvalue weighted by molar-refractivity contribution is 5.09. The molecule has 0 saturated heterocycles. The zero-order valence-electron chi connectivity index (χ0n) is 10.2. The van der Waals surface area contributed by atoms with Gasteiger partial charge in [0, 0.05) is 12.2 Å². The Labute approximate surface area is 98.5 Å². The molecule has 16 heavy (non-hydrogen) atoms. The Bertz CT molecular complexity index is 316. The summed E-state index contributed by atoms with van der Waals surface area (Å²) >= 11 is 0.